The number of fused-ring (bicyclic) bond motifs is 1. The quantitative estimate of drug-likeness (QED) is 0.692. The fourth-order valence-corrected chi connectivity index (χ4v) is 3.19. The van der Waals surface area contributed by atoms with E-state index in [1.807, 2.05) is 23.0 Å². The summed E-state index contributed by atoms with van der Waals surface area (Å²) >= 11 is 0. The van der Waals surface area contributed by atoms with E-state index < -0.39 is 0 Å². The first-order valence-electron chi connectivity index (χ1n) is 8.78. The number of carbonyl (C=O) groups is 1. The predicted octanol–water partition coefficient (Wildman–Crippen LogP) is 2.60. The molecule has 8 nitrogen and oxygen atoms in total. The monoisotopic (exact) mass is 351 g/mol. The zero-order valence-electron chi connectivity index (χ0n) is 14.4. The van der Waals surface area contributed by atoms with Gasteiger partial charge in [-0.05, 0) is 31.2 Å². The van der Waals surface area contributed by atoms with Crippen LogP contribution in [0.25, 0.3) is 5.65 Å². The molecule has 1 aliphatic carbocycles. The number of allylic oxidation sites excluding steroid dienone is 2. The van der Waals surface area contributed by atoms with Crippen molar-refractivity contribution in [3.05, 3.63) is 54.6 Å². The van der Waals surface area contributed by atoms with Crippen molar-refractivity contribution < 1.29 is 4.79 Å². The average molecular weight is 351 g/mol. The van der Waals surface area contributed by atoms with Gasteiger partial charge in [-0.2, -0.15) is 10.2 Å². The summed E-state index contributed by atoms with van der Waals surface area (Å²) in [7, 11) is 0. The molecule has 0 radical (unpaired) electrons. The van der Waals surface area contributed by atoms with E-state index in [4.69, 9.17) is 0 Å². The summed E-state index contributed by atoms with van der Waals surface area (Å²) in [6, 6.07) is 3.35. The maximum atomic E-state index is 12.3. The standard InChI is InChI=1S/C18H21N7O/c26-18(20-11-15-12-22-24-10-4-8-19-17(15)24)23-16-7-9-21-25(16)13-14-5-2-1-3-6-14/h1-2,4,7-10,12,14H,3,5-6,11,13H2,(H2,20,23,26)/t14-/m1/s1. The number of urea groups is 1. The molecule has 134 valence electrons. The molecule has 1 atom stereocenters. The molecule has 3 heterocycles. The van der Waals surface area contributed by atoms with Crippen LogP contribution in [0.3, 0.4) is 0 Å². The van der Waals surface area contributed by atoms with Crippen LogP contribution in [-0.4, -0.2) is 30.4 Å². The topological polar surface area (TPSA) is 89.1 Å². The minimum absolute atomic E-state index is 0.273. The van der Waals surface area contributed by atoms with Crippen LogP contribution in [0.15, 0.2) is 49.1 Å². The summed E-state index contributed by atoms with van der Waals surface area (Å²) in [6.07, 6.45) is 14.7. The van der Waals surface area contributed by atoms with Crippen LogP contribution in [0.1, 0.15) is 24.8 Å². The van der Waals surface area contributed by atoms with Crippen LogP contribution in [0, 0.1) is 5.92 Å². The molecule has 8 heteroatoms. The minimum Gasteiger partial charge on any atom is -0.334 e. The summed E-state index contributed by atoms with van der Waals surface area (Å²) < 4.78 is 3.54. The Morgan fingerprint density at radius 3 is 3.12 bits per heavy atom. The van der Waals surface area contributed by atoms with Crippen LogP contribution in [0.2, 0.25) is 0 Å². The summed E-state index contributed by atoms with van der Waals surface area (Å²) in [5, 5.41) is 14.3. The van der Waals surface area contributed by atoms with Gasteiger partial charge in [0.25, 0.3) is 0 Å². The lowest BCUT2D eigenvalue weighted by molar-refractivity contribution is 0.251. The smallest absolute Gasteiger partial charge is 0.320 e. The largest absolute Gasteiger partial charge is 0.334 e. The maximum absolute atomic E-state index is 12.3. The Bertz CT molecular complexity index is 926. The molecule has 0 fully saturated rings. The molecule has 0 aromatic carbocycles. The van der Waals surface area contributed by atoms with E-state index in [0.29, 0.717) is 18.3 Å². The van der Waals surface area contributed by atoms with Gasteiger partial charge in [-0.3, -0.25) is 5.32 Å². The van der Waals surface area contributed by atoms with Crippen molar-refractivity contribution in [2.45, 2.75) is 32.4 Å². The van der Waals surface area contributed by atoms with Crippen LogP contribution < -0.4 is 10.6 Å². The molecule has 0 unspecified atom stereocenters. The second-order valence-corrected chi connectivity index (χ2v) is 6.41. The number of rotatable bonds is 5. The number of hydrogen-bond acceptors (Lipinski definition) is 4. The van der Waals surface area contributed by atoms with Gasteiger partial charge in [-0.1, -0.05) is 12.2 Å². The van der Waals surface area contributed by atoms with E-state index in [1.165, 1.54) is 0 Å². The molecule has 4 rings (SSSR count). The van der Waals surface area contributed by atoms with Gasteiger partial charge in [-0.15, -0.1) is 0 Å². The van der Waals surface area contributed by atoms with E-state index in [0.717, 1.165) is 37.0 Å². The molecule has 0 spiro atoms. The van der Waals surface area contributed by atoms with Gasteiger partial charge in [0, 0.05) is 37.1 Å². The summed E-state index contributed by atoms with van der Waals surface area (Å²) in [5.74, 6) is 1.27. The van der Waals surface area contributed by atoms with E-state index in [-0.39, 0.29) is 6.03 Å². The van der Waals surface area contributed by atoms with Gasteiger partial charge < -0.3 is 5.32 Å². The first-order valence-corrected chi connectivity index (χ1v) is 8.78. The molecule has 26 heavy (non-hydrogen) atoms. The van der Waals surface area contributed by atoms with Gasteiger partial charge in [0.05, 0.1) is 12.4 Å². The summed E-state index contributed by atoms with van der Waals surface area (Å²) in [6.45, 7) is 1.17. The number of hydrogen-bond donors (Lipinski definition) is 2. The molecule has 2 amide bonds. The lowest BCUT2D eigenvalue weighted by atomic mass is 9.94. The Morgan fingerprint density at radius 2 is 2.23 bits per heavy atom. The Hall–Kier alpha value is -3.16. The van der Waals surface area contributed by atoms with Gasteiger partial charge in [-0.25, -0.2) is 19.0 Å². The van der Waals surface area contributed by atoms with Gasteiger partial charge >= 0.3 is 6.03 Å². The number of amides is 2. The number of aromatic nitrogens is 5. The molecule has 0 bridgehead atoms. The van der Waals surface area contributed by atoms with Crippen molar-refractivity contribution in [2.75, 3.05) is 5.32 Å². The van der Waals surface area contributed by atoms with Crippen molar-refractivity contribution in [3.63, 3.8) is 0 Å². The van der Waals surface area contributed by atoms with E-state index in [1.54, 1.807) is 23.1 Å². The van der Waals surface area contributed by atoms with Crippen molar-refractivity contribution in [3.8, 4) is 0 Å². The van der Waals surface area contributed by atoms with Gasteiger partial charge in [0.15, 0.2) is 5.65 Å². The minimum atomic E-state index is -0.273. The first kappa shape index (κ1) is 16.3. The van der Waals surface area contributed by atoms with Crippen molar-refractivity contribution in [1.29, 1.82) is 0 Å². The first-order chi connectivity index (χ1) is 12.8. The van der Waals surface area contributed by atoms with Crippen LogP contribution in [0.4, 0.5) is 10.6 Å². The number of nitrogens with one attached hydrogen (secondary N) is 2. The normalized spacial score (nSPS) is 16.7. The van der Waals surface area contributed by atoms with E-state index >= 15 is 0 Å². The Kier molecular flexibility index (Phi) is 4.63. The molecule has 0 saturated carbocycles. The highest BCUT2D eigenvalue weighted by molar-refractivity contribution is 5.88. The Morgan fingerprint density at radius 1 is 1.27 bits per heavy atom. The third-order valence-corrected chi connectivity index (χ3v) is 4.56. The van der Waals surface area contributed by atoms with E-state index in [9.17, 15) is 4.79 Å². The second kappa shape index (κ2) is 7.38. The van der Waals surface area contributed by atoms with E-state index in [2.05, 4.69) is 38.0 Å². The highest BCUT2D eigenvalue weighted by Crippen LogP contribution is 2.21. The fourth-order valence-electron chi connectivity index (χ4n) is 3.19. The summed E-state index contributed by atoms with van der Waals surface area (Å²) in [4.78, 5) is 16.5. The molecule has 3 aromatic rings. The summed E-state index contributed by atoms with van der Waals surface area (Å²) in [5.41, 5.74) is 1.60. The molecular formula is C18H21N7O. The lowest BCUT2D eigenvalue weighted by Crippen LogP contribution is -2.29. The molecule has 0 aliphatic heterocycles. The maximum Gasteiger partial charge on any atom is 0.320 e. The zero-order valence-corrected chi connectivity index (χ0v) is 14.4. The van der Waals surface area contributed by atoms with Crippen LogP contribution in [-0.2, 0) is 13.1 Å². The Labute approximate surface area is 150 Å². The van der Waals surface area contributed by atoms with Crippen LogP contribution >= 0.6 is 0 Å². The second-order valence-electron chi connectivity index (χ2n) is 6.41. The predicted molar refractivity (Wildman–Crippen MR) is 97.6 cm³/mol. The number of nitrogens with zero attached hydrogens (tertiary/aromatic N) is 5. The lowest BCUT2D eigenvalue weighted by Gasteiger charge is -2.19. The SMILES string of the molecule is O=C(NCc1cnn2cccnc12)Nc1ccnn1C[C@@H]1CC=CCC1. The average Bonchev–Trinajstić information content (AvgIpc) is 3.28. The van der Waals surface area contributed by atoms with Crippen molar-refractivity contribution >= 4 is 17.5 Å². The molecule has 1 aliphatic rings. The highest BCUT2D eigenvalue weighted by atomic mass is 16.2. The fraction of sp³-hybridized carbons (Fsp3) is 0.333. The molecular weight excluding hydrogens is 330 g/mol. The third-order valence-electron chi connectivity index (χ3n) is 4.56. The highest BCUT2D eigenvalue weighted by Gasteiger charge is 2.14. The number of anilines is 1. The molecule has 2 N–H and O–H groups in total. The Balaban J connectivity index is 1.35. The third kappa shape index (κ3) is 3.58. The van der Waals surface area contributed by atoms with Crippen molar-refractivity contribution in [1.82, 2.24) is 29.7 Å². The van der Waals surface area contributed by atoms with Crippen molar-refractivity contribution in [2.24, 2.45) is 5.92 Å². The van der Waals surface area contributed by atoms with Gasteiger partial charge in [0.2, 0.25) is 0 Å². The molecule has 3 aromatic heterocycles. The van der Waals surface area contributed by atoms with Crippen LogP contribution in [0.5, 0.6) is 0 Å². The zero-order chi connectivity index (χ0) is 17.8. The van der Waals surface area contributed by atoms with Gasteiger partial charge in [0.1, 0.15) is 5.82 Å². The number of carbonyl (C=O) groups excluding carboxylic acids is 1. The molecule has 0 saturated heterocycles.